The average Bonchev–Trinajstić information content (AvgIpc) is 2.46. The average molecular weight is 342 g/mol. The van der Waals surface area contributed by atoms with Crippen molar-refractivity contribution in [2.75, 3.05) is 7.11 Å². The Bertz CT molecular complexity index is 897. The number of ether oxygens (including phenoxy) is 1. The van der Waals surface area contributed by atoms with Crippen LogP contribution in [0.4, 0.5) is 0 Å². The van der Waals surface area contributed by atoms with E-state index in [1.54, 1.807) is 12.1 Å². The lowest BCUT2D eigenvalue weighted by Crippen LogP contribution is -2.06. The SMILES string of the molecule is COc1ccc(S(=O)(=O)c2ccc(C)cc2)cc1S(=O)(=O)O. The van der Waals surface area contributed by atoms with Gasteiger partial charge in [0.05, 0.1) is 16.9 Å². The Morgan fingerprint density at radius 2 is 1.45 bits per heavy atom. The van der Waals surface area contributed by atoms with E-state index in [2.05, 4.69) is 0 Å². The maximum absolute atomic E-state index is 12.5. The van der Waals surface area contributed by atoms with E-state index >= 15 is 0 Å². The number of hydrogen-bond donors (Lipinski definition) is 1. The molecule has 0 aliphatic rings. The number of rotatable bonds is 4. The Labute approximate surface area is 129 Å². The molecule has 0 atom stereocenters. The minimum atomic E-state index is -4.61. The predicted octanol–water partition coefficient (Wildman–Crippen LogP) is 2.08. The molecule has 22 heavy (non-hydrogen) atoms. The molecule has 0 saturated carbocycles. The van der Waals surface area contributed by atoms with E-state index in [1.807, 2.05) is 6.92 Å². The lowest BCUT2D eigenvalue weighted by molar-refractivity contribution is 0.397. The van der Waals surface area contributed by atoms with Crippen molar-refractivity contribution in [1.29, 1.82) is 0 Å². The van der Waals surface area contributed by atoms with Gasteiger partial charge in [-0.15, -0.1) is 0 Å². The second-order valence-electron chi connectivity index (χ2n) is 4.60. The summed E-state index contributed by atoms with van der Waals surface area (Å²) in [4.78, 5) is -0.808. The summed E-state index contributed by atoms with van der Waals surface area (Å²) in [6, 6.07) is 9.43. The van der Waals surface area contributed by atoms with Crippen molar-refractivity contribution in [2.45, 2.75) is 21.6 Å². The summed E-state index contributed by atoms with van der Waals surface area (Å²) in [6.07, 6.45) is 0. The molecule has 0 heterocycles. The molecule has 0 fully saturated rings. The summed E-state index contributed by atoms with van der Waals surface area (Å²) in [7, 11) is -7.28. The van der Waals surface area contributed by atoms with Crippen LogP contribution in [0.15, 0.2) is 57.2 Å². The first-order valence-electron chi connectivity index (χ1n) is 6.13. The summed E-state index contributed by atoms with van der Waals surface area (Å²) in [6.45, 7) is 1.82. The molecule has 6 nitrogen and oxygen atoms in total. The molecule has 0 saturated heterocycles. The maximum atomic E-state index is 12.5. The molecular weight excluding hydrogens is 328 g/mol. The first-order valence-corrected chi connectivity index (χ1v) is 9.06. The van der Waals surface area contributed by atoms with E-state index in [0.717, 1.165) is 11.6 Å². The van der Waals surface area contributed by atoms with Crippen molar-refractivity contribution in [3.63, 3.8) is 0 Å². The van der Waals surface area contributed by atoms with Gasteiger partial charge < -0.3 is 4.74 Å². The third kappa shape index (κ3) is 3.13. The van der Waals surface area contributed by atoms with Crippen LogP contribution < -0.4 is 4.74 Å². The fraction of sp³-hybridized carbons (Fsp3) is 0.143. The largest absolute Gasteiger partial charge is 0.495 e. The summed E-state index contributed by atoms with van der Waals surface area (Å²) < 4.78 is 61.7. The van der Waals surface area contributed by atoms with E-state index in [9.17, 15) is 21.4 Å². The third-order valence-electron chi connectivity index (χ3n) is 3.05. The summed E-state index contributed by atoms with van der Waals surface area (Å²) in [5.41, 5.74) is 0.896. The van der Waals surface area contributed by atoms with Crippen LogP contribution in [0.3, 0.4) is 0 Å². The first kappa shape index (κ1) is 16.5. The molecule has 8 heteroatoms. The highest BCUT2D eigenvalue weighted by atomic mass is 32.2. The van der Waals surface area contributed by atoms with Gasteiger partial charge in [-0.1, -0.05) is 17.7 Å². The predicted molar refractivity (Wildman–Crippen MR) is 79.4 cm³/mol. The molecule has 0 bridgehead atoms. The molecule has 2 rings (SSSR count). The standard InChI is InChI=1S/C14H14O6S2/c1-10-3-5-11(6-4-10)21(15,16)12-7-8-13(20-2)14(9-12)22(17,18)19/h3-9H,1-2H3,(H,17,18,19). The molecule has 0 unspecified atom stereocenters. The van der Waals surface area contributed by atoms with Gasteiger partial charge in [0.25, 0.3) is 10.1 Å². The van der Waals surface area contributed by atoms with Gasteiger partial charge in [-0.2, -0.15) is 8.42 Å². The van der Waals surface area contributed by atoms with E-state index in [-0.39, 0.29) is 15.5 Å². The fourth-order valence-electron chi connectivity index (χ4n) is 1.88. The molecule has 0 spiro atoms. The Morgan fingerprint density at radius 1 is 0.909 bits per heavy atom. The van der Waals surface area contributed by atoms with Gasteiger partial charge in [-0.05, 0) is 37.3 Å². The van der Waals surface area contributed by atoms with Crippen LogP contribution >= 0.6 is 0 Å². The Hall–Kier alpha value is -1.90. The normalized spacial score (nSPS) is 12.1. The summed E-state index contributed by atoms with van der Waals surface area (Å²) in [5.74, 6) is -0.134. The Morgan fingerprint density at radius 3 is 1.95 bits per heavy atom. The van der Waals surface area contributed by atoms with Gasteiger partial charge in [0, 0.05) is 0 Å². The van der Waals surface area contributed by atoms with Crippen molar-refractivity contribution >= 4 is 20.0 Å². The molecule has 0 amide bonds. The van der Waals surface area contributed by atoms with Gasteiger partial charge in [0.1, 0.15) is 10.6 Å². The molecular formula is C14H14O6S2. The number of hydrogen-bond acceptors (Lipinski definition) is 5. The van der Waals surface area contributed by atoms with Crippen LogP contribution in [0.1, 0.15) is 5.56 Å². The van der Waals surface area contributed by atoms with Crippen molar-refractivity contribution in [3.05, 3.63) is 48.0 Å². The zero-order valence-corrected chi connectivity index (χ0v) is 13.5. The van der Waals surface area contributed by atoms with Crippen LogP contribution in [-0.2, 0) is 20.0 Å². The van der Waals surface area contributed by atoms with Crippen molar-refractivity contribution in [1.82, 2.24) is 0 Å². The van der Waals surface area contributed by atoms with Crippen LogP contribution in [0.2, 0.25) is 0 Å². The van der Waals surface area contributed by atoms with Crippen molar-refractivity contribution in [3.8, 4) is 5.75 Å². The van der Waals surface area contributed by atoms with E-state index in [4.69, 9.17) is 4.74 Å². The fourth-order valence-corrected chi connectivity index (χ4v) is 3.92. The number of methoxy groups -OCH3 is 1. The van der Waals surface area contributed by atoms with Gasteiger partial charge >= 0.3 is 0 Å². The smallest absolute Gasteiger partial charge is 0.298 e. The lowest BCUT2D eigenvalue weighted by atomic mass is 10.2. The monoisotopic (exact) mass is 342 g/mol. The highest BCUT2D eigenvalue weighted by Crippen LogP contribution is 2.29. The first-order chi connectivity index (χ1) is 10.2. The van der Waals surface area contributed by atoms with Crippen molar-refractivity contribution in [2.24, 2.45) is 0 Å². The molecule has 0 radical (unpaired) electrons. The summed E-state index contributed by atoms with van der Waals surface area (Å²) in [5, 5.41) is 0. The van der Waals surface area contributed by atoms with Gasteiger partial charge in [0.15, 0.2) is 0 Å². The van der Waals surface area contributed by atoms with Crippen LogP contribution in [-0.4, -0.2) is 28.5 Å². The van der Waals surface area contributed by atoms with Gasteiger partial charge in [-0.3, -0.25) is 4.55 Å². The number of benzene rings is 2. The van der Waals surface area contributed by atoms with Gasteiger partial charge in [-0.25, -0.2) is 8.42 Å². The van der Waals surface area contributed by atoms with Crippen LogP contribution in [0.25, 0.3) is 0 Å². The van der Waals surface area contributed by atoms with Crippen LogP contribution in [0, 0.1) is 6.92 Å². The second kappa shape index (κ2) is 5.71. The van der Waals surface area contributed by atoms with Crippen LogP contribution in [0.5, 0.6) is 5.75 Å². The van der Waals surface area contributed by atoms with Crippen molar-refractivity contribution < 1.29 is 26.1 Å². The minimum Gasteiger partial charge on any atom is -0.495 e. The molecule has 2 aromatic rings. The topological polar surface area (TPSA) is 97.7 Å². The quantitative estimate of drug-likeness (QED) is 0.854. The molecule has 1 N–H and O–H groups in total. The van der Waals surface area contributed by atoms with E-state index in [0.29, 0.717) is 0 Å². The second-order valence-corrected chi connectivity index (χ2v) is 7.94. The van der Waals surface area contributed by atoms with E-state index < -0.39 is 24.9 Å². The molecule has 0 aromatic heterocycles. The Balaban J connectivity index is 2.65. The molecule has 0 aliphatic carbocycles. The minimum absolute atomic E-state index is 0.0320. The summed E-state index contributed by atoms with van der Waals surface area (Å²) >= 11 is 0. The van der Waals surface area contributed by atoms with Gasteiger partial charge in [0.2, 0.25) is 9.84 Å². The van der Waals surface area contributed by atoms with E-state index in [1.165, 1.54) is 31.4 Å². The third-order valence-corrected chi connectivity index (χ3v) is 5.70. The highest BCUT2D eigenvalue weighted by molar-refractivity contribution is 7.91. The highest BCUT2D eigenvalue weighted by Gasteiger charge is 2.23. The molecule has 2 aromatic carbocycles. The number of aryl methyl sites for hydroxylation is 1. The zero-order valence-electron chi connectivity index (χ0n) is 11.8. The maximum Gasteiger partial charge on any atom is 0.298 e. The Kier molecular flexibility index (Phi) is 4.28. The number of sulfone groups is 1. The molecule has 0 aliphatic heterocycles. The molecule has 118 valence electrons. The zero-order chi connectivity index (χ0) is 16.5. The lowest BCUT2D eigenvalue weighted by Gasteiger charge is -2.09.